The summed E-state index contributed by atoms with van der Waals surface area (Å²) in [4.78, 5) is 24.8. The number of carbonyl (C=O) groups excluding carboxylic acids is 1. The second kappa shape index (κ2) is 10.0. The highest BCUT2D eigenvalue weighted by atomic mass is 32.2. The van der Waals surface area contributed by atoms with E-state index in [-0.39, 0.29) is 28.3 Å². The van der Waals surface area contributed by atoms with Crippen LogP contribution in [0, 0.1) is 0 Å². The first kappa shape index (κ1) is 24.7. The number of nitrogens with zero attached hydrogens (tertiary/aromatic N) is 2. The number of aryl methyl sites for hydroxylation is 2. The fourth-order valence-corrected chi connectivity index (χ4v) is 5.85. The van der Waals surface area contributed by atoms with Crippen molar-refractivity contribution in [2.75, 3.05) is 11.3 Å². The monoisotopic (exact) mass is 495 g/mol. The van der Waals surface area contributed by atoms with Crippen LogP contribution in [0.3, 0.4) is 0 Å². The Morgan fingerprint density at radius 2 is 1.83 bits per heavy atom. The molecule has 3 aromatic rings. The topological polar surface area (TPSA) is 107 Å². The minimum absolute atomic E-state index is 0.0929. The lowest BCUT2D eigenvalue weighted by Crippen LogP contribution is -2.28. The summed E-state index contributed by atoms with van der Waals surface area (Å²) in [5.41, 5.74) is 4.05. The number of hydrogen-bond donors (Lipinski definition) is 1. The van der Waals surface area contributed by atoms with Gasteiger partial charge in [-0.3, -0.25) is 9.52 Å². The third-order valence-corrected chi connectivity index (χ3v) is 7.66. The molecule has 0 radical (unpaired) electrons. The van der Waals surface area contributed by atoms with E-state index in [0.717, 1.165) is 30.4 Å². The van der Waals surface area contributed by atoms with Crippen LogP contribution in [0.1, 0.15) is 53.7 Å². The lowest BCUT2D eigenvalue weighted by molar-refractivity contribution is 0.0526. The number of nitrogens with one attached hydrogen (secondary N) is 1. The molecule has 8 nitrogen and oxygen atoms in total. The SMILES string of the molecule is CCOC(=O)c1cccc(NS(=O)(=O)c2cc(-c3nn(C)c(=O)c4c3CCCC4)ccc2CC)c1. The second-order valence-corrected chi connectivity index (χ2v) is 10.2. The van der Waals surface area contributed by atoms with Crippen molar-refractivity contribution in [2.24, 2.45) is 7.05 Å². The smallest absolute Gasteiger partial charge is 0.338 e. The van der Waals surface area contributed by atoms with Gasteiger partial charge in [0.05, 0.1) is 22.8 Å². The van der Waals surface area contributed by atoms with Crippen molar-refractivity contribution in [3.63, 3.8) is 0 Å². The summed E-state index contributed by atoms with van der Waals surface area (Å²) in [6, 6.07) is 11.5. The molecule has 35 heavy (non-hydrogen) atoms. The van der Waals surface area contributed by atoms with E-state index in [9.17, 15) is 18.0 Å². The van der Waals surface area contributed by atoms with Gasteiger partial charge in [0, 0.05) is 23.9 Å². The number of hydrogen-bond acceptors (Lipinski definition) is 6. The molecule has 0 atom stereocenters. The number of fused-ring (bicyclic) bond motifs is 1. The van der Waals surface area contributed by atoms with E-state index in [4.69, 9.17) is 4.74 Å². The van der Waals surface area contributed by atoms with E-state index in [1.807, 2.05) is 13.0 Å². The zero-order valence-corrected chi connectivity index (χ0v) is 20.9. The molecule has 0 fully saturated rings. The van der Waals surface area contributed by atoms with Crippen molar-refractivity contribution in [1.82, 2.24) is 9.78 Å². The molecule has 1 N–H and O–H groups in total. The van der Waals surface area contributed by atoms with E-state index in [1.54, 1.807) is 44.3 Å². The minimum Gasteiger partial charge on any atom is -0.462 e. The highest BCUT2D eigenvalue weighted by Gasteiger charge is 2.24. The number of aromatic nitrogens is 2. The molecule has 0 saturated heterocycles. The minimum atomic E-state index is -3.98. The predicted molar refractivity (Wildman–Crippen MR) is 134 cm³/mol. The highest BCUT2D eigenvalue weighted by Crippen LogP contribution is 2.31. The van der Waals surface area contributed by atoms with Gasteiger partial charge in [0.15, 0.2) is 0 Å². The number of anilines is 1. The Morgan fingerprint density at radius 3 is 2.54 bits per heavy atom. The molecule has 1 aliphatic carbocycles. The third-order valence-electron chi connectivity index (χ3n) is 6.19. The number of esters is 1. The van der Waals surface area contributed by atoms with Gasteiger partial charge in [-0.25, -0.2) is 17.9 Å². The van der Waals surface area contributed by atoms with Crippen molar-refractivity contribution < 1.29 is 17.9 Å². The van der Waals surface area contributed by atoms with E-state index >= 15 is 0 Å². The number of carbonyl (C=O) groups is 1. The van der Waals surface area contributed by atoms with Gasteiger partial charge in [-0.15, -0.1) is 0 Å². The standard InChI is InChI=1S/C26H29N3O5S/c1-4-17-13-14-18(24-21-11-6-7-12-22(21)25(30)29(3)27-24)16-23(17)35(32,33)28-20-10-8-9-19(15-20)26(31)34-5-2/h8-10,13-16,28H,4-7,11-12H2,1-3H3. The van der Waals surface area contributed by atoms with Gasteiger partial charge in [0.1, 0.15) is 0 Å². The van der Waals surface area contributed by atoms with Crippen LogP contribution in [0.4, 0.5) is 5.69 Å². The largest absolute Gasteiger partial charge is 0.462 e. The molecule has 1 aromatic heterocycles. The van der Waals surface area contributed by atoms with Crippen LogP contribution in [0.2, 0.25) is 0 Å². The van der Waals surface area contributed by atoms with Gasteiger partial charge < -0.3 is 4.74 Å². The first-order chi connectivity index (χ1) is 16.7. The molecule has 1 heterocycles. The van der Waals surface area contributed by atoms with Crippen molar-refractivity contribution >= 4 is 21.7 Å². The molecule has 0 bridgehead atoms. The maximum atomic E-state index is 13.5. The predicted octanol–water partition coefficient (Wildman–Crippen LogP) is 3.87. The van der Waals surface area contributed by atoms with Crippen LogP contribution in [0.25, 0.3) is 11.3 Å². The molecule has 2 aromatic carbocycles. The lowest BCUT2D eigenvalue weighted by atomic mass is 9.89. The summed E-state index contributed by atoms with van der Waals surface area (Å²) in [6.07, 6.45) is 3.87. The summed E-state index contributed by atoms with van der Waals surface area (Å²) in [7, 11) is -2.36. The van der Waals surface area contributed by atoms with Crippen LogP contribution in [0.5, 0.6) is 0 Å². The summed E-state index contributed by atoms with van der Waals surface area (Å²) in [5, 5.41) is 4.50. The van der Waals surface area contributed by atoms with Crippen molar-refractivity contribution in [2.45, 2.75) is 50.8 Å². The van der Waals surface area contributed by atoms with Gasteiger partial charge in [-0.1, -0.05) is 25.1 Å². The first-order valence-electron chi connectivity index (χ1n) is 11.8. The van der Waals surface area contributed by atoms with Crippen LogP contribution in [0.15, 0.2) is 52.2 Å². The van der Waals surface area contributed by atoms with Crippen LogP contribution in [-0.4, -0.2) is 30.8 Å². The Kier molecular flexibility index (Phi) is 7.07. The number of ether oxygens (including phenoxy) is 1. The molecule has 9 heteroatoms. The van der Waals surface area contributed by atoms with Gasteiger partial charge in [0.2, 0.25) is 0 Å². The van der Waals surface area contributed by atoms with Crippen molar-refractivity contribution in [3.8, 4) is 11.3 Å². The Morgan fingerprint density at radius 1 is 1.09 bits per heavy atom. The molecule has 4 rings (SSSR count). The first-order valence-corrected chi connectivity index (χ1v) is 13.3. The fraction of sp³-hybridized carbons (Fsp3) is 0.346. The zero-order chi connectivity index (χ0) is 25.2. The normalized spacial score (nSPS) is 13.2. The lowest BCUT2D eigenvalue weighted by Gasteiger charge is -2.20. The zero-order valence-electron chi connectivity index (χ0n) is 20.1. The van der Waals surface area contributed by atoms with Crippen molar-refractivity contribution in [1.29, 1.82) is 0 Å². The maximum Gasteiger partial charge on any atom is 0.338 e. The maximum absolute atomic E-state index is 13.5. The molecule has 0 amide bonds. The van der Waals surface area contributed by atoms with E-state index in [1.165, 1.54) is 10.7 Å². The van der Waals surface area contributed by atoms with Gasteiger partial charge in [0.25, 0.3) is 15.6 Å². The quantitative estimate of drug-likeness (QED) is 0.499. The van der Waals surface area contributed by atoms with Gasteiger partial charge in [-0.2, -0.15) is 5.10 Å². The highest BCUT2D eigenvalue weighted by molar-refractivity contribution is 7.92. The average molecular weight is 496 g/mol. The summed E-state index contributed by atoms with van der Waals surface area (Å²) >= 11 is 0. The Labute approximate surface area is 205 Å². The van der Waals surface area contributed by atoms with E-state index in [2.05, 4.69) is 9.82 Å². The molecule has 0 aliphatic heterocycles. The number of sulfonamides is 1. The van der Waals surface area contributed by atoms with E-state index < -0.39 is 16.0 Å². The van der Waals surface area contributed by atoms with Crippen LogP contribution in [-0.2, 0) is 41.1 Å². The van der Waals surface area contributed by atoms with Gasteiger partial charge >= 0.3 is 5.97 Å². The molecular formula is C26H29N3O5S. The second-order valence-electron chi connectivity index (χ2n) is 8.52. The summed E-state index contributed by atoms with van der Waals surface area (Å²) in [6.45, 7) is 3.83. The molecule has 0 spiro atoms. The Balaban J connectivity index is 1.77. The summed E-state index contributed by atoms with van der Waals surface area (Å²) < 4.78 is 35.9. The van der Waals surface area contributed by atoms with E-state index in [0.29, 0.717) is 29.7 Å². The molecular weight excluding hydrogens is 466 g/mol. The fourth-order valence-electron chi connectivity index (χ4n) is 4.46. The average Bonchev–Trinajstić information content (AvgIpc) is 2.86. The number of rotatable bonds is 7. The molecule has 184 valence electrons. The van der Waals surface area contributed by atoms with Gasteiger partial charge in [-0.05, 0) is 74.4 Å². The Hall–Kier alpha value is -3.46. The van der Waals surface area contributed by atoms with Crippen LogP contribution < -0.4 is 10.3 Å². The van der Waals surface area contributed by atoms with Crippen LogP contribution >= 0.6 is 0 Å². The summed E-state index contributed by atoms with van der Waals surface area (Å²) in [5.74, 6) is -0.518. The number of benzene rings is 2. The molecule has 1 aliphatic rings. The van der Waals surface area contributed by atoms with Crippen molar-refractivity contribution in [3.05, 3.63) is 75.1 Å². The molecule has 0 saturated carbocycles. The Bertz CT molecular complexity index is 1440. The third kappa shape index (κ3) is 5.00. The molecule has 0 unspecified atom stereocenters.